The minimum Gasteiger partial charge on any atom is -0.352 e. The van der Waals surface area contributed by atoms with Crippen LogP contribution in [0.15, 0.2) is 48.5 Å². The van der Waals surface area contributed by atoms with Crippen molar-refractivity contribution in [1.29, 1.82) is 0 Å². The van der Waals surface area contributed by atoms with Crippen LogP contribution in [0.25, 0.3) is 0 Å². The molecule has 2 rings (SSSR count). The fraction of sp³-hybridized carbons (Fsp3) is 0.391. The summed E-state index contributed by atoms with van der Waals surface area (Å²) in [6.45, 7) is 4.68. The average molecular weight is 498 g/mol. The predicted molar refractivity (Wildman–Crippen MR) is 128 cm³/mol. The molecule has 0 fully saturated rings. The summed E-state index contributed by atoms with van der Waals surface area (Å²) in [6, 6.07) is 11.1. The lowest BCUT2D eigenvalue weighted by molar-refractivity contribution is -0.139. The van der Waals surface area contributed by atoms with E-state index in [4.69, 9.17) is 11.6 Å². The lowest BCUT2D eigenvalue weighted by Crippen LogP contribution is -2.52. The Hall–Kier alpha value is -2.65. The van der Waals surface area contributed by atoms with Gasteiger partial charge in [-0.05, 0) is 50.1 Å². The van der Waals surface area contributed by atoms with Gasteiger partial charge < -0.3 is 10.2 Å². The zero-order valence-corrected chi connectivity index (χ0v) is 20.7. The van der Waals surface area contributed by atoms with E-state index in [1.54, 1.807) is 31.2 Å². The minimum atomic E-state index is -3.99. The van der Waals surface area contributed by atoms with Crippen LogP contribution in [-0.2, 0) is 26.2 Å². The molecule has 180 valence electrons. The molecule has 0 spiro atoms. The normalized spacial score (nSPS) is 13.2. The topological polar surface area (TPSA) is 86.8 Å². The second kappa shape index (κ2) is 11.5. The van der Waals surface area contributed by atoms with Crippen LogP contribution in [0.2, 0.25) is 5.02 Å². The van der Waals surface area contributed by atoms with E-state index in [2.05, 4.69) is 5.32 Å². The van der Waals surface area contributed by atoms with Crippen LogP contribution in [0, 0.1) is 5.82 Å². The summed E-state index contributed by atoms with van der Waals surface area (Å²) in [5, 5.41) is 3.29. The molecule has 10 heteroatoms. The first-order valence-corrected chi connectivity index (χ1v) is 12.7. The fourth-order valence-electron chi connectivity index (χ4n) is 3.13. The van der Waals surface area contributed by atoms with Crippen LogP contribution in [0.4, 0.5) is 10.1 Å². The Morgan fingerprint density at radius 3 is 2.36 bits per heavy atom. The molecule has 0 aliphatic carbocycles. The Labute approximate surface area is 199 Å². The van der Waals surface area contributed by atoms with E-state index in [0.717, 1.165) is 12.3 Å². The standard InChI is InChI=1S/C23H29ClFN3O4S/c1-5-16(2)26-23(30)17(3)27(14-18-9-8-10-19(24)13-18)22(29)15-28(33(4,31)32)21-12-7-6-11-20(21)25/h6-13,16-17H,5,14-15H2,1-4H3,(H,26,30)/t16-,17-/m1/s1. The van der Waals surface area contributed by atoms with Gasteiger partial charge >= 0.3 is 0 Å². The van der Waals surface area contributed by atoms with E-state index in [1.165, 1.54) is 23.1 Å². The maximum Gasteiger partial charge on any atom is 0.244 e. The van der Waals surface area contributed by atoms with Crippen molar-refractivity contribution in [2.45, 2.75) is 45.8 Å². The van der Waals surface area contributed by atoms with E-state index in [9.17, 15) is 22.4 Å². The van der Waals surface area contributed by atoms with Crippen molar-refractivity contribution in [3.63, 3.8) is 0 Å². The largest absolute Gasteiger partial charge is 0.352 e. The van der Waals surface area contributed by atoms with Crippen LogP contribution in [0.1, 0.15) is 32.8 Å². The Kier molecular flexibility index (Phi) is 9.25. The number of amides is 2. The third kappa shape index (κ3) is 7.43. The molecular weight excluding hydrogens is 469 g/mol. The van der Waals surface area contributed by atoms with Crippen molar-refractivity contribution < 1.29 is 22.4 Å². The van der Waals surface area contributed by atoms with Crippen molar-refractivity contribution in [3.8, 4) is 0 Å². The Morgan fingerprint density at radius 2 is 1.79 bits per heavy atom. The molecular formula is C23H29ClFN3O4S. The van der Waals surface area contributed by atoms with Gasteiger partial charge in [-0.1, -0.05) is 42.8 Å². The van der Waals surface area contributed by atoms with E-state index >= 15 is 0 Å². The quantitative estimate of drug-likeness (QED) is 0.543. The highest BCUT2D eigenvalue weighted by molar-refractivity contribution is 7.92. The molecule has 2 aromatic rings. The Balaban J connectivity index is 2.40. The molecule has 0 aliphatic heterocycles. The van der Waals surface area contributed by atoms with Gasteiger partial charge in [-0.3, -0.25) is 13.9 Å². The summed E-state index contributed by atoms with van der Waals surface area (Å²) < 4.78 is 39.9. The first-order chi connectivity index (χ1) is 15.4. The molecule has 0 saturated heterocycles. The summed E-state index contributed by atoms with van der Waals surface area (Å²) >= 11 is 6.07. The second-order valence-electron chi connectivity index (χ2n) is 7.87. The Bertz CT molecular complexity index is 1100. The smallest absolute Gasteiger partial charge is 0.244 e. The van der Waals surface area contributed by atoms with Crippen molar-refractivity contribution in [2.75, 3.05) is 17.1 Å². The van der Waals surface area contributed by atoms with Gasteiger partial charge in [0, 0.05) is 17.6 Å². The number of sulfonamides is 1. The summed E-state index contributed by atoms with van der Waals surface area (Å²) in [5.41, 5.74) is 0.420. The molecule has 0 aliphatic rings. The van der Waals surface area contributed by atoms with Gasteiger partial charge in [0.25, 0.3) is 0 Å². The molecule has 0 unspecified atom stereocenters. The number of rotatable bonds is 10. The molecule has 2 aromatic carbocycles. The minimum absolute atomic E-state index is 0.0172. The zero-order valence-electron chi connectivity index (χ0n) is 19.1. The van der Waals surface area contributed by atoms with Crippen LogP contribution < -0.4 is 9.62 Å². The molecule has 0 aromatic heterocycles. The first kappa shape index (κ1) is 26.6. The molecule has 33 heavy (non-hydrogen) atoms. The van der Waals surface area contributed by atoms with Crippen molar-refractivity contribution >= 4 is 39.1 Å². The van der Waals surface area contributed by atoms with Gasteiger partial charge in [-0.25, -0.2) is 12.8 Å². The SMILES string of the molecule is CC[C@@H](C)NC(=O)[C@@H](C)N(Cc1cccc(Cl)c1)C(=O)CN(c1ccccc1F)S(C)(=O)=O. The average Bonchev–Trinajstić information content (AvgIpc) is 2.75. The molecule has 0 radical (unpaired) electrons. The Morgan fingerprint density at radius 1 is 1.12 bits per heavy atom. The number of halogens is 2. The second-order valence-corrected chi connectivity index (χ2v) is 10.2. The number of benzene rings is 2. The molecule has 0 saturated carbocycles. The lowest BCUT2D eigenvalue weighted by Gasteiger charge is -2.32. The number of nitrogens with zero attached hydrogens (tertiary/aromatic N) is 2. The number of carbonyl (C=O) groups is 2. The van der Waals surface area contributed by atoms with E-state index in [-0.39, 0.29) is 24.2 Å². The highest BCUT2D eigenvalue weighted by atomic mass is 35.5. The van der Waals surface area contributed by atoms with Crippen LogP contribution in [-0.4, -0.2) is 50.0 Å². The molecule has 0 heterocycles. The highest BCUT2D eigenvalue weighted by Gasteiger charge is 2.31. The van der Waals surface area contributed by atoms with Crippen LogP contribution in [0.5, 0.6) is 0 Å². The van der Waals surface area contributed by atoms with Gasteiger partial charge in [0.05, 0.1) is 11.9 Å². The fourth-order valence-corrected chi connectivity index (χ4v) is 4.19. The van der Waals surface area contributed by atoms with Crippen molar-refractivity contribution in [3.05, 3.63) is 64.9 Å². The molecule has 1 N–H and O–H groups in total. The van der Waals surface area contributed by atoms with Gasteiger partial charge in [0.1, 0.15) is 18.4 Å². The third-order valence-corrected chi connectivity index (χ3v) is 6.57. The molecule has 2 amide bonds. The number of hydrogen-bond acceptors (Lipinski definition) is 4. The lowest BCUT2D eigenvalue weighted by atomic mass is 10.1. The van der Waals surface area contributed by atoms with Gasteiger partial charge in [-0.15, -0.1) is 0 Å². The maximum absolute atomic E-state index is 14.4. The van der Waals surface area contributed by atoms with Gasteiger partial charge in [0.2, 0.25) is 21.8 Å². The van der Waals surface area contributed by atoms with Crippen LogP contribution in [0.3, 0.4) is 0 Å². The summed E-state index contributed by atoms with van der Waals surface area (Å²) in [6.07, 6.45) is 1.60. The molecule has 0 bridgehead atoms. The molecule has 7 nitrogen and oxygen atoms in total. The molecule has 2 atom stereocenters. The number of carbonyl (C=O) groups excluding carboxylic acids is 2. The summed E-state index contributed by atoms with van der Waals surface area (Å²) in [7, 11) is -3.99. The van der Waals surface area contributed by atoms with Crippen molar-refractivity contribution in [2.24, 2.45) is 0 Å². The summed E-state index contributed by atoms with van der Waals surface area (Å²) in [5.74, 6) is -1.81. The maximum atomic E-state index is 14.4. The predicted octanol–water partition coefficient (Wildman–Crippen LogP) is 3.58. The van der Waals surface area contributed by atoms with E-state index in [0.29, 0.717) is 21.3 Å². The zero-order chi connectivity index (χ0) is 24.8. The van der Waals surface area contributed by atoms with Gasteiger partial charge in [-0.2, -0.15) is 0 Å². The summed E-state index contributed by atoms with van der Waals surface area (Å²) in [4.78, 5) is 27.4. The number of nitrogens with one attached hydrogen (secondary N) is 1. The number of hydrogen-bond donors (Lipinski definition) is 1. The van der Waals surface area contributed by atoms with Crippen molar-refractivity contribution in [1.82, 2.24) is 10.2 Å². The first-order valence-electron chi connectivity index (χ1n) is 10.5. The van der Waals surface area contributed by atoms with Gasteiger partial charge in [0.15, 0.2) is 0 Å². The highest BCUT2D eigenvalue weighted by Crippen LogP contribution is 2.22. The number of anilines is 1. The van der Waals surface area contributed by atoms with Crippen LogP contribution >= 0.6 is 11.6 Å². The van der Waals surface area contributed by atoms with E-state index < -0.39 is 34.3 Å². The monoisotopic (exact) mass is 497 g/mol. The number of para-hydroxylation sites is 1. The third-order valence-electron chi connectivity index (χ3n) is 5.21. The van der Waals surface area contributed by atoms with E-state index in [1.807, 2.05) is 13.8 Å².